The third-order valence-corrected chi connectivity index (χ3v) is 5.16. The molecule has 1 aromatic heterocycles. The number of amides is 2. The van der Waals surface area contributed by atoms with Crippen molar-refractivity contribution >= 4 is 11.8 Å². The van der Waals surface area contributed by atoms with Gasteiger partial charge in [-0.3, -0.25) is 14.4 Å². The number of benzene rings is 1. The Morgan fingerprint density at radius 1 is 1.20 bits per heavy atom. The van der Waals surface area contributed by atoms with Crippen molar-refractivity contribution < 1.29 is 27.9 Å². The molecule has 156 valence electrons. The van der Waals surface area contributed by atoms with Crippen LogP contribution in [0, 0.1) is 17.5 Å². The van der Waals surface area contributed by atoms with Gasteiger partial charge in [0, 0.05) is 43.5 Å². The van der Waals surface area contributed by atoms with Crippen LogP contribution in [0.15, 0.2) is 35.3 Å². The van der Waals surface area contributed by atoms with Gasteiger partial charge in [0.25, 0.3) is 11.8 Å². The molecule has 0 saturated carbocycles. The quantitative estimate of drug-likeness (QED) is 0.743. The summed E-state index contributed by atoms with van der Waals surface area (Å²) >= 11 is 0. The molecule has 4 rings (SSSR count). The molecule has 7 nitrogen and oxygen atoms in total. The molecule has 0 radical (unpaired) electrons. The predicted octanol–water partition coefficient (Wildman–Crippen LogP) is 1.86. The number of hydrogen-bond acceptors (Lipinski definition) is 4. The molecule has 0 fully saturated rings. The topological polar surface area (TPSA) is 91.6 Å². The first-order chi connectivity index (χ1) is 14.3. The summed E-state index contributed by atoms with van der Waals surface area (Å²) in [4.78, 5) is 39.2. The highest BCUT2D eigenvalue weighted by atomic mass is 19.1. The van der Waals surface area contributed by atoms with Gasteiger partial charge < -0.3 is 19.9 Å². The summed E-state index contributed by atoms with van der Waals surface area (Å²) in [6, 6.07) is 0.560. The second-order valence-electron chi connectivity index (χ2n) is 7.04. The number of carbonyl (C=O) groups excluding carboxylic acids is 2. The van der Waals surface area contributed by atoms with E-state index in [1.54, 1.807) is 0 Å². The van der Waals surface area contributed by atoms with Crippen LogP contribution in [0.25, 0.3) is 0 Å². The molecule has 3 heterocycles. The van der Waals surface area contributed by atoms with E-state index >= 15 is 0 Å². The average molecular weight is 419 g/mol. The number of aromatic nitrogens is 1. The van der Waals surface area contributed by atoms with Gasteiger partial charge in [0.2, 0.25) is 5.43 Å². The van der Waals surface area contributed by atoms with Gasteiger partial charge in [-0.15, -0.1) is 0 Å². The first-order valence-electron chi connectivity index (χ1n) is 9.13. The van der Waals surface area contributed by atoms with Gasteiger partial charge in [-0.1, -0.05) is 12.2 Å². The van der Waals surface area contributed by atoms with E-state index in [9.17, 15) is 32.7 Å². The Morgan fingerprint density at radius 2 is 1.90 bits per heavy atom. The van der Waals surface area contributed by atoms with E-state index in [0.29, 0.717) is 31.6 Å². The van der Waals surface area contributed by atoms with Crippen LogP contribution in [0.5, 0.6) is 5.75 Å². The molecule has 0 aliphatic carbocycles. The van der Waals surface area contributed by atoms with Crippen LogP contribution in [0.3, 0.4) is 0 Å². The number of hydrogen-bond donors (Lipinski definition) is 2. The average Bonchev–Trinajstić information content (AvgIpc) is 2.91. The lowest BCUT2D eigenvalue weighted by molar-refractivity contribution is 0.0687. The maximum Gasteiger partial charge on any atom is 0.274 e. The van der Waals surface area contributed by atoms with E-state index in [2.05, 4.69) is 5.32 Å². The van der Waals surface area contributed by atoms with Gasteiger partial charge in [-0.25, -0.2) is 13.2 Å². The van der Waals surface area contributed by atoms with Crippen LogP contribution in [-0.2, 0) is 6.54 Å². The minimum atomic E-state index is -1.19. The molecule has 2 aromatic rings. The molecule has 2 amide bonds. The molecular weight excluding hydrogens is 403 g/mol. The first-order valence-corrected chi connectivity index (χ1v) is 9.13. The molecule has 0 unspecified atom stereocenters. The molecule has 1 atom stereocenters. The SMILES string of the molecule is O=C(NCc1c(F)cc(F)cc1F)c1cn2c(c(O)c1=O)C(=O)N1CCC=C[C@@H]2C1. The normalized spacial score (nSPS) is 17.5. The fourth-order valence-electron chi connectivity index (χ4n) is 3.64. The van der Waals surface area contributed by atoms with Crippen LogP contribution in [0.2, 0.25) is 0 Å². The van der Waals surface area contributed by atoms with Crippen molar-refractivity contribution in [3.05, 3.63) is 75.0 Å². The highest BCUT2D eigenvalue weighted by Gasteiger charge is 2.35. The van der Waals surface area contributed by atoms with Gasteiger partial charge >= 0.3 is 0 Å². The molecule has 2 aliphatic rings. The number of aromatic hydroxyl groups is 1. The van der Waals surface area contributed by atoms with Gasteiger partial charge in [0.1, 0.15) is 23.0 Å². The second kappa shape index (κ2) is 7.36. The summed E-state index contributed by atoms with van der Waals surface area (Å²) < 4.78 is 41.9. The van der Waals surface area contributed by atoms with E-state index in [-0.39, 0.29) is 11.7 Å². The highest BCUT2D eigenvalue weighted by molar-refractivity contribution is 5.99. The minimum absolute atomic E-state index is 0.213. The number of nitrogens with zero attached hydrogens (tertiary/aromatic N) is 2. The van der Waals surface area contributed by atoms with Crippen LogP contribution in [-0.4, -0.2) is 39.5 Å². The Labute approximate surface area is 168 Å². The van der Waals surface area contributed by atoms with Crippen molar-refractivity contribution in [3.63, 3.8) is 0 Å². The Bertz CT molecular complexity index is 1140. The number of fused-ring (bicyclic) bond motifs is 4. The van der Waals surface area contributed by atoms with Crippen molar-refractivity contribution in [1.82, 2.24) is 14.8 Å². The van der Waals surface area contributed by atoms with Crippen molar-refractivity contribution in [2.75, 3.05) is 13.1 Å². The predicted molar refractivity (Wildman–Crippen MR) is 98.6 cm³/mol. The zero-order valence-corrected chi connectivity index (χ0v) is 15.5. The summed E-state index contributed by atoms with van der Waals surface area (Å²) in [5.41, 5.74) is -2.35. The fourth-order valence-corrected chi connectivity index (χ4v) is 3.64. The molecular formula is C20H16F3N3O4. The monoisotopic (exact) mass is 419 g/mol. The van der Waals surface area contributed by atoms with E-state index in [1.807, 2.05) is 12.2 Å². The van der Waals surface area contributed by atoms with E-state index in [1.165, 1.54) is 9.47 Å². The molecule has 0 saturated heterocycles. The lowest BCUT2D eigenvalue weighted by Crippen LogP contribution is -2.44. The number of halogens is 3. The maximum absolute atomic E-state index is 13.8. The number of pyridine rings is 1. The molecule has 30 heavy (non-hydrogen) atoms. The highest BCUT2D eigenvalue weighted by Crippen LogP contribution is 2.29. The van der Waals surface area contributed by atoms with Crippen LogP contribution in [0.1, 0.15) is 38.9 Å². The molecule has 2 bridgehead atoms. The molecule has 1 aromatic carbocycles. The Hall–Kier alpha value is -3.56. The fraction of sp³-hybridized carbons (Fsp3) is 0.250. The molecule has 0 spiro atoms. The Balaban J connectivity index is 1.68. The first kappa shape index (κ1) is 19.7. The summed E-state index contributed by atoms with van der Waals surface area (Å²) in [5, 5.41) is 12.5. The van der Waals surface area contributed by atoms with Crippen molar-refractivity contribution in [2.45, 2.75) is 19.0 Å². The van der Waals surface area contributed by atoms with E-state index in [0.717, 1.165) is 6.20 Å². The molecule has 2 N–H and O–H groups in total. The van der Waals surface area contributed by atoms with Gasteiger partial charge in [0.15, 0.2) is 11.4 Å². The van der Waals surface area contributed by atoms with E-state index in [4.69, 9.17) is 0 Å². The van der Waals surface area contributed by atoms with E-state index < -0.39 is 58.1 Å². The third-order valence-electron chi connectivity index (χ3n) is 5.16. The zero-order valence-electron chi connectivity index (χ0n) is 15.5. The number of carbonyl (C=O) groups is 2. The van der Waals surface area contributed by atoms with Crippen molar-refractivity contribution in [2.24, 2.45) is 0 Å². The standard InChI is InChI=1S/C20H16F3N3O4/c21-10-5-14(22)12(15(23)6-10)7-24-19(29)13-9-26-11-3-1-2-4-25(8-11)20(30)16(26)18(28)17(13)27/h1,3,5-6,9,11,28H,2,4,7-8H2,(H,24,29)/t11-/m1/s1. The minimum Gasteiger partial charge on any atom is -0.503 e. The molecule has 10 heteroatoms. The zero-order chi connectivity index (χ0) is 21.6. The lowest BCUT2D eigenvalue weighted by Gasteiger charge is -2.33. The van der Waals surface area contributed by atoms with Gasteiger partial charge in [-0.05, 0) is 6.42 Å². The largest absolute Gasteiger partial charge is 0.503 e. The molecule has 2 aliphatic heterocycles. The van der Waals surface area contributed by atoms with Crippen LogP contribution in [0.4, 0.5) is 13.2 Å². The lowest BCUT2D eigenvalue weighted by atomic mass is 10.1. The maximum atomic E-state index is 13.8. The smallest absolute Gasteiger partial charge is 0.274 e. The second-order valence-corrected chi connectivity index (χ2v) is 7.04. The Kier molecular flexibility index (Phi) is 4.84. The number of nitrogens with one attached hydrogen (secondary N) is 1. The summed E-state index contributed by atoms with van der Waals surface area (Å²) in [5.74, 6) is -5.86. The van der Waals surface area contributed by atoms with Crippen LogP contribution < -0.4 is 10.7 Å². The van der Waals surface area contributed by atoms with Crippen molar-refractivity contribution in [3.8, 4) is 5.75 Å². The van der Waals surface area contributed by atoms with Crippen LogP contribution >= 0.6 is 0 Å². The summed E-state index contributed by atoms with van der Waals surface area (Å²) in [6.45, 7) is 0.114. The van der Waals surface area contributed by atoms with Crippen molar-refractivity contribution in [1.29, 1.82) is 0 Å². The number of rotatable bonds is 3. The summed E-state index contributed by atoms with van der Waals surface area (Å²) in [6.07, 6.45) is 5.44. The summed E-state index contributed by atoms with van der Waals surface area (Å²) in [7, 11) is 0. The van der Waals surface area contributed by atoms with Gasteiger partial charge in [0.05, 0.1) is 6.04 Å². The Morgan fingerprint density at radius 3 is 2.60 bits per heavy atom. The third kappa shape index (κ3) is 3.23. The van der Waals surface area contributed by atoms with Gasteiger partial charge in [-0.2, -0.15) is 0 Å².